The minimum absolute atomic E-state index is 0.582. The van der Waals surface area contributed by atoms with Crippen molar-refractivity contribution in [1.82, 2.24) is 4.98 Å². The molecule has 0 atom stereocenters. The van der Waals surface area contributed by atoms with Crippen LogP contribution >= 0.6 is 22.7 Å². The average molecular weight is 272 g/mol. The Balaban J connectivity index is 1.92. The van der Waals surface area contributed by atoms with E-state index in [2.05, 4.69) is 46.8 Å². The molecule has 90 valence electrons. The Kier molecular flexibility index (Phi) is 3.23. The van der Waals surface area contributed by atoms with Crippen LogP contribution in [-0.4, -0.2) is 4.98 Å². The number of aromatic nitrogens is 1. The predicted octanol–water partition coefficient (Wildman–Crippen LogP) is 4.00. The minimum Gasteiger partial charge on any atom is -0.326 e. The normalized spacial score (nSPS) is 10.7. The maximum absolute atomic E-state index is 5.60. The second-order valence-electron chi connectivity index (χ2n) is 3.91. The largest absolute Gasteiger partial charge is 0.326 e. The highest BCUT2D eigenvalue weighted by Crippen LogP contribution is 2.34. The third-order valence-electron chi connectivity index (χ3n) is 2.71. The highest BCUT2D eigenvalue weighted by atomic mass is 32.1. The number of thiazole rings is 1. The maximum atomic E-state index is 5.60. The van der Waals surface area contributed by atoms with Crippen LogP contribution in [0.15, 0.2) is 48.0 Å². The summed E-state index contributed by atoms with van der Waals surface area (Å²) in [5.74, 6) is 0. The fourth-order valence-corrected chi connectivity index (χ4v) is 3.46. The Morgan fingerprint density at radius 3 is 2.56 bits per heavy atom. The lowest BCUT2D eigenvalue weighted by Gasteiger charge is -1.98. The Morgan fingerprint density at radius 1 is 1.06 bits per heavy atom. The molecule has 1 aromatic carbocycles. The van der Waals surface area contributed by atoms with Crippen LogP contribution in [0.2, 0.25) is 0 Å². The summed E-state index contributed by atoms with van der Waals surface area (Å²) in [7, 11) is 0. The Morgan fingerprint density at radius 2 is 1.89 bits per heavy atom. The van der Waals surface area contributed by atoms with Gasteiger partial charge in [-0.2, -0.15) is 0 Å². The van der Waals surface area contributed by atoms with Gasteiger partial charge in [-0.25, -0.2) is 4.98 Å². The van der Waals surface area contributed by atoms with Crippen molar-refractivity contribution < 1.29 is 0 Å². The molecule has 3 aromatic rings. The van der Waals surface area contributed by atoms with Crippen LogP contribution in [0.5, 0.6) is 0 Å². The van der Waals surface area contributed by atoms with E-state index in [1.165, 1.54) is 9.75 Å². The first-order valence-corrected chi connectivity index (χ1v) is 7.35. The molecule has 0 aliphatic carbocycles. The molecule has 2 aromatic heterocycles. The average Bonchev–Trinajstić information content (AvgIpc) is 3.09. The second-order valence-corrected chi connectivity index (χ2v) is 5.89. The van der Waals surface area contributed by atoms with Gasteiger partial charge in [0.05, 0.1) is 4.88 Å². The van der Waals surface area contributed by atoms with Crippen LogP contribution in [0.3, 0.4) is 0 Å². The lowest BCUT2D eigenvalue weighted by Crippen LogP contribution is -1.94. The summed E-state index contributed by atoms with van der Waals surface area (Å²) in [6.07, 6.45) is 1.95. The van der Waals surface area contributed by atoms with Crippen molar-refractivity contribution in [2.75, 3.05) is 0 Å². The van der Waals surface area contributed by atoms with Crippen LogP contribution in [0, 0.1) is 0 Å². The first-order valence-electron chi connectivity index (χ1n) is 5.66. The molecule has 0 spiro atoms. The van der Waals surface area contributed by atoms with Crippen molar-refractivity contribution in [2.45, 2.75) is 6.54 Å². The molecule has 0 aliphatic rings. The van der Waals surface area contributed by atoms with Crippen LogP contribution in [0.1, 0.15) is 5.56 Å². The van der Waals surface area contributed by atoms with Crippen molar-refractivity contribution in [1.29, 1.82) is 0 Å². The smallest absolute Gasteiger partial charge is 0.123 e. The Labute approximate surface area is 114 Å². The van der Waals surface area contributed by atoms with Crippen molar-refractivity contribution in [3.05, 3.63) is 53.5 Å². The van der Waals surface area contributed by atoms with E-state index in [1.54, 1.807) is 22.7 Å². The lowest BCUT2D eigenvalue weighted by molar-refractivity contribution is 1.07. The van der Waals surface area contributed by atoms with Gasteiger partial charge in [0.2, 0.25) is 0 Å². The zero-order valence-electron chi connectivity index (χ0n) is 9.67. The van der Waals surface area contributed by atoms with E-state index in [0.717, 1.165) is 16.1 Å². The van der Waals surface area contributed by atoms with Gasteiger partial charge in [0.15, 0.2) is 0 Å². The molecule has 4 heteroatoms. The highest BCUT2D eigenvalue weighted by molar-refractivity contribution is 7.22. The monoisotopic (exact) mass is 272 g/mol. The SMILES string of the molecule is NCc1ccc(-c2ncc(-c3cccs3)s2)cc1. The highest BCUT2D eigenvalue weighted by Gasteiger charge is 2.07. The Bertz CT molecular complexity index is 624. The molecule has 0 amide bonds. The molecule has 2 heterocycles. The van der Waals surface area contributed by atoms with Crippen LogP contribution in [0.25, 0.3) is 20.3 Å². The molecule has 2 N–H and O–H groups in total. The number of benzene rings is 1. The molecule has 0 saturated carbocycles. The van der Waals surface area contributed by atoms with Gasteiger partial charge in [0.25, 0.3) is 0 Å². The van der Waals surface area contributed by atoms with Gasteiger partial charge in [-0.1, -0.05) is 30.3 Å². The molecule has 18 heavy (non-hydrogen) atoms. The van der Waals surface area contributed by atoms with E-state index in [4.69, 9.17) is 5.73 Å². The first kappa shape index (κ1) is 11.6. The van der Waals surface area contributed by atoms with Gasteiger partial charge < -0.3 is 5.73 Å². The summed E-state index contributed by atoms with van der Waals surface area (Å²) in [5.41, 5.74) is 7.90. The summed E-state index contributed by atoms with van der Waals surface area (Å²) in [6.45, 7) is 0.582. The molecular formula is C14H12N2S2. The zero-order chi connectivity index (χ0) is 12.4. The van der Waals surface area contributed by atoms with Crippen molar-refractivity contribution in [3.63, 3.8) is 0 Å². The zero-order valence-corrected chi connectivity index (χ0v) is 11.3. The second kappa shape index (κ2) is 5.02. The lowest BCUT2D eigenvalue weighted by atomic mass is 10.1. The number of hydrogen-bond acceptors (Lipinski definition) is 4. The molecule has 2 nitrogen and oxygen atoms in total. The van der Waals surface area contributed by atoms with E-state index in [9.17, 15) is 0 Å². The summed E-state index contributed by atoms with van der Waals surface area (Å²) in [4.78, 5) is 6.99. The summed E-state index contributed by atoms with van der Waals surface area (Å²) in [5, 5.41) is 3.15. The van der Waals surface area contributed by atoms with Gasteiger partial charge in [-0.3, -0.25) is 0 Å². The third kappa shape index (κ3) is 2.22. The number of nitrogens with two attached hydrogens (primary N) is 1. The standard InChI is InChI=1S/C14H12N2S2/c15-8-10-3-5-11(6-4-10)14-16-9-13(18-14)12-2-1-7-17-12/h1-7,9H,8,15H2. The molecule has 0 aliphatic heterocycles. The number of thiophene rings is 1. The van der Waals surface area contributed by atoms with Gasteiger partial charge in [0, 0.05) is 23.2 Å². The van der Waals surface area contributed by atoms with E-state index >= 15 is 0 Å². The molecule has 0 unspecified atom stereocenters. The van der Waals surface area contributed by atoms with E-state index in [-0.39, 0.29) is 0 Å². The Hall–Kier alpha value is -1.49. The van der Waals surface area contributed by atoms with Crippen LogP contribution < -0.4 is 5.73 Å². The molecule has 0 radical (unpaired) electrons. The van der Waals surface area contributed by atoms with E-state index in [0.29, 0.717) is 6.54 Å². The van der Waals surface area contributed by atoms with E-state index < -0.39 is 0 Å². The van der Waals surface area contributed by atoms with Crippen LogP contribution in [0.4, 0.5) is 0 Å². The summed E-state index contributed by atoms with van der Waals surface area (Å²) in [6, 6.07) is 12.5. The van der Waals surface area contributed by atoms with Gasteiger partial charge in [-0.15, -0.1) is 22.7 Å². The van der Waals surface area contributed by atoms with Crippen molar-refractivity contribution in [3.8, 4) is 20.3 Å². The van der Waals surface area contributed by atoms with Crippen molar-refractivity contribution in [2.24, 2.45) is 5.73 Å². The fraction of sp³-hybridized carbons (Fsp3) is 0.0714. The maximum Gasteiger partial charge on any atom is 0.123 e. The number of nitrogens with zero attached hydrogens (tertiary/aromatic N) is 1. The minimum atomic E-state index is 0.582. The number of hydrogen-bond donors (Lipinski definition) is 1. The molecule has 0 bridgehead atoms. The summed E-state index contributed by atoms with van der Waals surface area (Å²) < 4.78 is 0. The molecule has 0 fully saturated rings. The van der Waals surface area contributed by atoms with Gasteiger partial charge in [-0.05, 0) is 17.0 Å². The predicted molar refractivity (Wildman–Crippen MR) is 78.8 cm³/mol. The van der Waals surface area contributed by atoms with Gasteiger partial charge >= 0.3 is 0 Å². The third-order valence-corrected chi connectivity index (χ3v) is 4.82. The molecule has 0 saturated heterocycles. The quantitative estimate of drug-likeness (QED) is 0.782. The molecular weight excluding hydrogens is 260 g/mol. The van der Waals surface area contributed by atoms with Crippen molar-refractivity contribution >= 4 is 22.7 Å². The first-order chi connectivity index (χ1) is 8.86. The topological polar surface area (TPSA) is 38.9 Å². The van der Waals surface area contributed by atoms with E-state index in [1.807, 2.05) is 6.20 Å². The van der Waals surface area contributed by atoms with Gasteiger partial charge in [0.1, 0.15) is 5.01 Å². The summed E-state index contributed by atoms with van der Waals surface area (Å²) >= 11 is 3.47. The fourth-order valence-electron chi connectivity index (χ4n) is 1.72. The molecule has 3 rings (SSSR count). The van der Waals surface area contributed by atoms with Crippen LogP contribution in [-0.2, 0) is 6.54 Å². The number of rotatable bonds is 3.